The van der Waals surface area contributed by atoms with E-state index in [4.69, 9.17) is 5.26 Å². The molecule has 96 valence electrons. The van der Waals surface area contributed by atoms with Crippen LogP contribution in [0.15, 0.2) is 24.4 Å². The lowest BCUT2D eigenvalue weighted by Gasteiger charge is -2.32. The van der Waals surface area contributed by atoms with Gasteiger partial charge >= 0.3 is 0 Å². The maximum Gasteiger partial charge on any atom is 0.0655 e. The fraction of sp³-hybridized carbons (Fsp3) is 0.600. The lowest BCUT2D eigenvalue weighted by molar-refractivity contribution is 0.180. The zero-order valence-corrected chi connectivity index (χ0v) is 11.0. The molecule has 1 heterocycles. The maximum absolute atomic E-state index is 8.90. The van der Waals surface area contributed by atoms with Gasteiger partial charge in [-0.1, -0.05) is 6.07 Å². The molecule has 1 aliphatic rings. The van der Waals surface area contributed by atoms with Gasteiger partial charge in [0, 0.05) is 36.8 Å². The van der Waals surface area contributed by atoms with Crippen molar-refractivity contribution in [3.8, 4) is 6.07 Å². The molecule has 1 aromatic heterocycles. The van der Waals surface area contributed by atoms with Gasteiger partial charge in [-0.15, -0.1) is 0 Å². The highest BCUT2D eigenvalue weighted by molar-refractivity contribution is 5.03. The van der Waals surface area contributed by atoms with Crippen molar-refractivity contribution in [3.63, 3.8) is 0 Å². The average Bonchev–Trinajstić information content (AvgIpc) is 2.46. The van der Waals surface area contributed by atoms with Crippen molar-refractivity contribution in [1.82, 2.24) is 9.88 Å². The van der Waals surface area contributed by atoms with E-state index >= 15 is 0 Å². The second kappa shape index (κ2) is 6.51. The molecule has 0 radical (unpaired) electrons. The molecule has 0 bridgehead atoms. The summed E-state index contributed by atoms with van der Waals surface area (Å²) in [4.78, 5) is 6.78. The summed E-state index contributed by atoms with van der Waals surface area (Å²) in [6, 6.07) is 9.12. The Morgan fingerprint density at radius 3 is 2.72 bits per heavy atom. The fourth-order valence-electron chi connectivity index (χ4n) is 2.67. The quantitative estimate of drug-likeness (QED) is 0.816. The standard InChI is InChI=1S/C15H21N3/c1-18(11-9-14-4-2-3-10-17-14)15-7-5-13(12-16)6-8-15/h2-4,10,13,15H,5-9,11H2,1H3. The molecule has 0 unspecified atom stereocenters. The third kappa shape index (κ3) is 3.54. The zero-order valence-electron chi connectivity index (χ0n) is 11.0. The fourth-order valence-corrected chi connectivity index (χ4v) is 2.67. The van der Waals surface area contributed by atoms with Crippen LogP contribution in [0.3, 0.4) is 0 Å². The molecular weight excluding hydrogens is 222 g/mol. The summed E-state index contributed by atoms with van der Waals surface area (Å²) in [5.74, 6) is 0.297. The first-order valence-electron chi connectivity index (χ1n) is 6.79. The highest BCUT2D eigenvalue weighted by Crippen LogP contribution is 2.26. The molecule has 1 aliphatic carbocycles. The van der Waals surface area contributed by atoms with Crippen LogP contribution >= 0.6 is 0 Å². The van der Waals surface area contributed by atoms with Gasteiger partial charge in [0.25, 0.3) is 0 Å². The SMILES string of the molecule is CN(CCc1ccccn1)C1CCC(C#N)CC1. The lowest BCUT2D eigenvalue weighted by Crippen LogP contribution is -2.36. The number of rotatable bonds is 4. The van der Waals surface area contributed by atoms with Gasteiger partial charge in [0.1, 0.15) is 0 Å². The molecule has 0 spiro atoms. The van der Waals surface area contributed by atoms with E-state index < -0.39 is 0 Å². The number of aromatic nitrogens is 1. The molecule has 0 aromatic carbocycles. The number of pyridine rings is 1. The van der Waals surface area contributed by atoms with Crippen molar-refractivity contribution in [2.75, 3.05) is 13.6 Å². The summed E-state index contributed by atoms with van der Waals surface area (Å²) in [7, 11) is 2.19. The summed E-state index contributed by atoms with van der Waals surface area (Å²) >= 11 is 0. The molecule has 1 fully saturated rings. The molecule has 0 aliphatic heterocycles. The van der Waals surface area contributed by atoms with Crippen LogP contribution in [0, 0.1) is 17.2 Å². The van der Waals surface area contributed by atoms with Gasteiger partial charge in [-0.3, -0.25) is 4.98 Å². The predicted octanol–water partition coefficient (Wildman–Crippen LogP) is 2.64. The van der Waals surface area contributed by atoms with Crippen LogP contribution in [0.25, 0.3) is 0 Å². The number of hydrogen-bond donors (Lipinski definition) is 0. The minimum absolute atomic E-state index is 0.297. The van der Waals surface area contributed by atoms with Crippen LogP contribution in [-0.4, -0.2) is 29.5 Å². The molecule has 0 saturated heterocycles. The highest BCUT2D eigenvalue weighted by Gasteiger charge is 2.23. The monoisotopic (exact) mass is 243 g/mol. The Hall–Kier alpha value is -1.40. The van der Waals surface area contributed by atoms with Crippen LogP contribution < -0.4 is 0 Å². The normalized spacial score (nSPS) is 23.8. The predicted molar refractivity (Wildman–Crippen MR) is 71.9 cm³/mol. The first-order valence-corrected chi connectivity index (χ1v) is 6.79. The first-order chi connectivity index (χ1) is 8.79. The topological polar surface area (TPSA) is 39.9 Å². The Kier molecular flexibility index (Phi) is 4.72. The summed E-state index contributed by atoms with van der Waals surface area (Å²) in [6.45, 7) is 1.05. The van der Waals surface area contributed by atoms with Gasteiger partial charge in [-0.25, -0.2) is 0 Å². The summed E-state index contributed by atoms with van der Waals surface area (Å²) in [5, 5.41) is 8.90. The van der Waals surface area contributed by atoms with E-state index in [-0.39, 0.29) is 0 Å². The molecule has 3 nitrogen and oxygen atoms in total. The van der Waals surface area contributed by atoms with Crippen molar-refractivity contribution < 1.29 is 0 Å². The van der Waals surface area contributed by atoms with Gasteiger partial charge in [-0.05, 0) is 44.9 Å². The molecule has 1 aromatic rings. The largest absolute Gasteiger partial charge is 0.303 e. The Morgan fingerprint density at radius 1 is 1.33 bits per heavy atom. The van der Waals surface area contributed by atoms with E-state index in [1.54, 1.807) is 0 Å². The van der Waals surface area contributed by atoms with Crippen molar-refractivity contribution in [2.24, 2.45) is 5.92 Å². The molecule has 1 saturated carbocycles. The van der Waals surface area contributed by atoms with E-state index in [1.165, 1.54) is 0 Å². The molecule has 0 N–H and O–H groups in total. The van der Waals surface area contributed by atoms with Crippen LogP contribution in [0.1, 0.15) is 31.4 Å². The third-order valence-electron chi connectivity index (χ3n) is 3.95. The lowest BCUT2D eigenvalue weighted by atomic mass is 9.86. The van der Waals surface area contributed by atoms with E-state index in [0.717, 1.165) is 44.3 Å². The number of likely N-dealkylation sites (N-methyl/N-ethyl adjacent to an activating group) is 1. The maximum atomic E-state index is 8.90. The molecule has 3 heteroatoms. The van der Waals surface area contributed by atoms with Crippen molar-refractivity contribution in [3.05, 3.63) is 30.1 Å². The Labute approximate surface area is 109 Å². The van der Waals surface area contributed by atoms with E-state index in [1.807, 2.05) is 18.3 Å². The van der Waals surface area contributed by atoms with Crippen molar-refractivity contribution in [2.45, 2.75) is 38.1 Å². The summed E-state index contributed by atoms with van der Waals surface area (Å²) in [5.41, 5.74) is 1.16. The number of nitriles is 1. The summed E-state index contributed by atoms with van der Waals surface area (Å²) < 4.78 is 0. The Bertz CT molecular complexity index is 388. The van der Waals surface area contributed by atoms with Crippen LogP contribution in [0.2, 0.25) is 0 Å². The second-order valence-corrected chi connectivity index (χ2v) is 5.19. The minimum atomic E-state index is 0.297. The van der Waals surface area contributed by atoms with E-state index in [9.17, 15) is 0 Å². The molecule has 2 rings (SSSR count). The Balaban J connectivity index is 1.76. The van der Waals surface area contributed by atoms with E-state index in [2.05, 4.69) is 29.1 Å². The number of hydrogen-bond acceptors (Lipinski definition) is 3. The smallest absolute Gasteiger partial charge is 0.0655 e. The second-order valence-electron chi connectivity index (χ2n) is 5.19. The van der Waals surface area contributed by atoms with Gasteiger partial charge in [-0.2, -0.15) is 5.26 Å². The molecule has 0 atom stereocenters. The van der Waals surface area contributed by atoms with Crippen molar-refractivity contribution >= 4 is 0 Å². The molecular formula is C15H21N3. The van der Waals surface area contributed by atoms with Gasteiger partial charge < -0.3 is 4.90 Å². The van der Waals surface area contributed by atoms with Crippen LogP contribution in [0.5, 0.6) is 0 Å². The van der Waals surface area contributed by atoms with Gasteiger partial charge in [0.2, 0.25) is 0 Å². The van der Waals surface area contributed by atoms with Crippen molar-refractivity contribution in [1.29, 1.82) is 5.26 Å². The molecule has 0 amide bonds. The highest BCUT2D eigenvalue weighted by atomic mass is 15.1. The van der Waals surface area contributed by atoms with Crippen LogP contribution in [0.4, 0.5) is 0 Å². The van der Waals surface area contributed by atoms with Crippen LogP contribution in [-0.2, 0) is 6.42 Å². The Morgan fingerprint density at radius 2 is 2.11 bits per heavy atom. The summed E-state index contributed by atoms with van der Waals surface area (Å²) in [6.07, 6.45) is 7.32. The third-order valence-corrected chi connectivity index (χ3v) is 3.95. The number of nitrogens with zero attached hydrogens (tertiary/aromatic N) is 3. The first kappa shape index (κ1) is 13.0. The average molecular weight is 243 g/mol. The van der Waals surface area contributed by atoms with Gasteiger partial charge in [0.15, 0.2) is 0 Å². The van der Waals surface area contributed by atoms with E-state index in [0.29, 0.717) is 12.0 Å². The minimum Gasteiger partial charge on any atom is -0.303 e. The van der Waals surface area contributed by atoms with Gasteiger partial charge in [0.05, 0.1) is 6.07 Å². The zero-order chi connectivity index (χ0) is 12.8. The molecule has 18 heavy (non-hydrogen) atoms.